The van der Waals surface area contributed by atoms with Gasteiger partial charge in [-0.05, 0) is 30.7 Å². The van der Waals surface area contributed by atoms with Crippen LogP contribution >= 0.6 is 11.8 Å². The highest BCUT2D eigenvalue weighted by molar-refractivity contribution is 7.99. The SMILES string of the molecule is COc1ccc(NC(=O)C2CSCCN2)c(C)c1. The van der Waals surface area contributed by atoms with Crippen LogP contribution in [0.25, 0.3) is 0 Å². The Labute approximate surface area is 111 Å². The summed E-state index contributed by atoms with van der Waals surface area (Å²) in [4.78, 5) is 12.1. The Bertz CT molecular complexity index is 431. The number of carbonyl (C=O) groups excluding carboxylic acids is 1. The summed E-state index contributed by atoms with van der Waals surface area (Å²) in [5.74, 6) is 2.75. The highest BCUT2D eigenvalue weighted by Crippen LogP contribution is 2.21. The molecule has 98 valence electrons. The molecule has 0 spiro atoms. The number of carbonyl (C=O) groups is 1. The van der Waals surface area contributed by atoms with Crippen LogP contribution in [0.3, 0.4) is 0 Å². The number of aryl methyl sites for hydroxylation is 1. The third kappa shape index (κ3) is 3.17. The van der Waals surface area contributed by atoms with Gasteiger partial charge in [-0.15, -0.1) is 0 Å². The van der Waals surface area contributed by atoms with Crippen molar-refractivity contribution in [3.05, 3.63) is 23.8 Å². The molecular weight excluding hydrogens is 248 g/mol. The molecule has 1 aromatic carbocycles. The molecule has 1 amide bonds. The number of rotatable bonds is 3. The van der Waals surface area contributed by atoms with E-state index in [1.807, 2.05) is 36.9 Å². The second kappa shape index (κ2) is 6.11. The molecule has 1 unspecified atom stereocenters. The van der Waals surface area contributed by atoms with E-state index in [0.29, 0.717) is 0 Å². The summed E-state index contributed by atoms with van der Waals surface area (Å²) >= 11 is 1.81. The molecule has 0 radical (unpaired) electrons. The van der Waals surface area contributed by atoms with Crippen molar-refractivity contribution in [1.82, 2.24) is 5.32 Å². The number of hydrogen-bond acceptors (Lipinski definition) is 4. The molecule has 1 aliphatic heterocycles. The normalized spacial score (nSPS) is 19.3. The van der Waals surface area contributed by atoms with E-state index in [4.69, 9.17) is 4.74 Å². The zero-order valence-corrected chi connectivity index (χ0v) is 11.5. The Morgan fingerprint density at radius 3 is 3.00 bits per heavy atom. The summed E-state index contributed by atoms with van der Waals surface area (Å²) in [5, 5.41) is 6.18. The molecule has 1 aliphatic rings. The van der Waals surface area contributed by atoms with Gasteiger partial charge in [-0.1, -0.05) is 0 Å². The summed E-state index contributed by atoms with van der Waals surface area (Å²) < 4.78 is 5.14. The van der Waals surface area contributed by atoms with Crippen LogP contribution in [0.2, 0.25) is 0 Å². The van der Waals surface area contributed by atoms with Crippen LogP contribution < -0.4 is 15.4 Å². The zero-order chi connectivity index (χ0) is 13.0. The lowest BCUT2D eigenvalue weighted by Crippen LogP contribution is -2.46. The van der Waals surface area contributed by atoms with Crippen LogP contribution in [0.4, 0.5) is 5.69 Å². The molecule has 2 N–H and O–H groups in total. The number of methoxy groups -OCH3 is 1. The highest BCUT2D eigenvalue weighted by Gasteiger charge is 2.21. The number of amides is 1. The number of benzene rings is 1. The average Bonchev–Trinajstić information content (AvgIpc) is 2.42. The van der Waals surface area contributed by atoms with Gasteiger partial charge in [0.25, 0.3) is 0 Å². The van der Waals surface area contributed by atoms with E-state index in [0.717, 1.165) is 35.1 Å². The minimum atomic E-state index is -0.0924. The topological polar surface area (TPSA) is 50.4 Å². The van der Waals surface area contributed by atoms with Gasteiger partial charge in [-0.25, -0.2) is 0 Å². The summed E-state index contributed by atoms with van der Waals surface area (Å²) in [7, 11) is 1.64. The van der Waals surface area contributed by atoms with Crippen molar-refractivity contribution in [2.24, 2.45) is 0 Å². The lowest BCUT2D eigenvalue weighted by molar-refractivity contribution is -0.117. The molecule has 4 nitrogen and oxygen atoms in total. The van der Waals surface area contributed by atoms with E-state index in [2.05, 4.69) is 10.6 Å². The van der Waals surface area contributed by atoms with Crippen molar-refractivity contribution in [2.75, 3.05) is 30.5 Å². The Balaban J connectivity index is 2.02. The predicted octanol–water partition coefficient (Wildman–Crippen LogP) is 1.65. The van der Waals surface area contributed by atoms with Gasteiger partial charge < -0.3 is 15.4 Å². The van der Waals surface area contributed by atoms with Gasteiger partial charge in [-0.2, -0.15) is 11.8 Å². The average molecular weight is 266 g/mol. The van der Waals surface area contributed by atoms with Crippen molar-refractivity contribution in [3.63, 3.8) is 0 Å². The molecule has 0 saturated carbocycles. The molecule has 2 rings (SSSR count). The van der Waals surface area contributed by atoms with Gasteiger partial charge in [-0.3, -0.25) is 4.79 Å². The summed E-state index contributed by atoms with van der Waals surface area (Å²) in [6.07, 6.45) is 0. The van der Waals surface area contributed by atoms with Crippen LogP contribution in [-0.2, 0) is 4.79 Å². The Morgan fingerprint density at radius 1 is 1.56 bits per heavy atom. The molecule has 1 aromatic rings. The molecule has 0 aromatic heterocycles. The van der Waals surface area contributed by atoms with Crippen molar-refractivity contribution in [1.29, 1.82) is 0 Å². The van der Waals surface area contributed by atoms with Gasteiger partial charge in [0.15, 0.2) is 0 Å². The molecule has 1 saturated heterocycles. The Kier molecular flexibility index (Phi) is 4.49. The van der Waals surface area contributed by atoms with Gasteiger partial charge in [0.1, 0.15) is 5.75 Å². The molecule has 1 heterocycles. The first kappa shape index (κ1) is 13.2. The van der Waals surface area contributed by atoms with E-state index in [9.17, 15) is 4.79 Å². The summed E-state index contributed by atoms with van der Waals surface area (Å²) in [5.41, 5.74) is 1.85. The maximum absolute atomic E-state index is 12.1. The smallest absolute Gasteiger partial charge is 0.242 e. The standard InChI is InChI=1S/C13H18N2O2S/c1-9-7-10(17-2)3-4-11(9)15-13(16)12-8-18-6-5-14-12/h3-4,7,12,14H,5-6,8H2,1-2H3,(H,15,16). The molecule has 0 aliphatic carbocycles. The number of nitrogens with one attached hydrogen (secondary N) is 2. The van der Waals surface area contributed by atoms with E-state index in [1.54, 1.807) is 7.11 Å². The molecule has 0 bridgehead atoms. The van der Waals surface area contributed by atoms with Gasteiger partial charge >= 0.3 is 0 Å². The summed E-state index contributed by atoms with van der Waals surface area (Å²) in [6.45, 7) is 2.85. The molecule has 5 heteroatoms. The van der Waals surface area contributed by atoms with Crippen LogP contribution in [-0.4, -0.2) is 37.1 Å². The minimum Gasteiger partial charge on any atom is -0.497 e. The van der Waals surface area contributed by atoms with E-state index in [-0.39, 0.29) is 11.9 Å². The molecule has 18 heavy (non-hydrogen) atoms. The maximum Gasteiger partial charge on any atom is 0.242 e. The van der Waals surface area contributed by atoms with Crippen molar-refractivity contribution >= 4 is 23.4 Å². The third-order valence-electron chi connectivity index (χ3n) is 2.93. The first-order valence-corrected chi connectivity index (χ1v) is 7.13. The van der Waals surface area contributed by atoms with E-state index in [1.165, 1.54) is 0 Å². The fourth-order valence-electron chi connectivity index (χ4n) is 1.86. The van der Waals surface area contributed by atoms with Gasteiger partial charge in [0, 0.05) is 23.7 Å². The molecule has 1 fully saturated rings. The largest absolute Gasteiger partial charge is 0.497 e. The predicted molar refractivity (Wildman–Crippen MR) is 75.5 cm³/mol. The Hall–Kier alpha value is -1.20. The highest BCUT2D eigenvalue weighted by atomic mass is 32.2. The molecule has 1 atom stereocenters. The van der Waals surface area contributed by atoms with Crippen LogP contribution in [0.15, 0.2) is 18.2 Å². The van der Waals surface area contributed by atoms with E-state index < -0.39 is 0 Å². The number of thioether (sulfide) groups is 1. The third-order valence-corrected chi connectivity index (χ3v) is 3.99. The second-order valence-corrected chi connectivity index (χ2v) is 5.40. The minimum absolute atomic E-state index is 0.0375. The quantitative estimate of drug-likeness (QED) is 0.873. The monoisotopic (exact) mass is 266 g/mol. The zero-order valence-electron chi connectivity index (χ0n) is 10.7. The number of hydrogen-bond donors (Lipinski definition) is 2. The first-order chi connectivity index (χ1) is 8.70. The van der Waals surface area contributed by atoms with Gasteiger partial charge in [0.05, 0.1) is 13.2 Å². The van der Waals surface area contributed by atoms with E-state index >= 15 is 0 Å². The molecular formula is C13H18N2O2S. The fraction of sp³-hybridized carbons (Fsp3) is 0.462. The lowest BCUT2D eigenvalue weighted by atomic mass is 10.2. The summed E-state index contributed by atoms with van der Waals surface area (Å²) in [6, 6.07) is 5.55. The first-order valence-electron chi connectivity index (χ1n) is 5.97. The number of anilines is 1. The fourth-order valence-corrected chi connectivity index (χ4v) is 2.79. The lowest BCUT2D eigenvalue weighted by Gasteiger charge is -2.22. The number of ether oxygens (including phenoxy) is 1. The Morgan fingerprint density at radius 2 is 2.39 bits per heavy atom. The second-order valence-electron chi connectivity index (χ2n) is 4.25. The van der Waals surface area contributed by atoms with Crippen LogP contribution in [0, 0.1) is 6.92 Å². The van der Waals surface area contributed by atoms with Crippen molar-refractivity contribution in [2.45, 2.75) is 13.0 Å². The van der Waals surface area contributed by atoms with Crippen molar-refractivity contribution in [3.8, 4) is 5.75 Å². The maximum atomic E-state index is 12.1. The van der Waals surface area contributed by atoms with Crippen LogP contribution in [0.1, 0.15) is 5.56 Å². The van der Waals surface area contributed by atoms with Crippen LogP contribution in [0.5, 0.6) is 5.75 Å². The van der Waals surface area contributed by atoms with Gasteiger partial charge in [0.2, 0.25) is 5.91 Å². The van der Waals surface area contributed by atoms with Crippen molar-refractivity contribution < 1.29 is 9.53 Å².